The van der Waals surface area contributed by atoms with Crippen LogP contribution in [0.5, 0.6) is 0 Å². The first-order valence-corrected chi connectivity index (χ1v) is 11.2. The Morgan fingerprint density at radius 2 is 1.03 bits per heavy atom. The summed E-state index contributed by atoms with van der Waals surface area (Å²) in [4.78, 5) is 70.7. The molecule has 0 saturated heterocycles. The van der Waals surface area contributed by atoms with Crippen LogP contribution in [0.4, 0.5) is 11.4 Å². The van der Waals surface area contributed by atoms with Crippen molar-refractivity contribution in [3.63, 3.8) is 0 Å². The lowest BCUT2D eigenvalue weighted by atomic mass is 9.83. The van der Waals surface area contributed by atoms with Crippen LogP contribution in [-0.2, 0) is 19.1 Å². The first-order valence-electron chi connectivity index (χ1n) is 11.2. The molecule has 2 aliphatic rings. The van der Waals surface area contributed by atoms with Gasteiger partial charge in [-0.15, -0.1) is 0 Å². The summed E-state index contributed by atoms with van der Waals surface area (Å²) in [5, 5.41) is 21.5. The Morgan fingerprint density at radius 3 is 1.35 bits per heavy atom. The van der Waals surface area contributed by atoms with Crippen molar-refractivity contribution in [2.24, 2.45) is 23.7 Å². The van der Waals surface area contributed by atoms with E-state index in [0.717, 1.165) is 0 Å². The van der Waals surface area contributed by atoms with Crippen LogP contribution in [0, 0.1) is 43.9 Å². The number of nitrogens with zero attached hydrogens (tertiary/aromatic N) is 2. The molecule has 0 amide bonds. The number of rotatable bonds is 10. The van der Waals surface area contributed by atoms with Gasteiger partial charge in [0.2, 0.25) is 0 Å². The number of hydrogen-bond acceptors (Lipinski definition) is 10. The smallest absolute Gasteiger partial charge is 0.310 e. The number of carbonyl (C=O) groups excluding carboxylic acids is 4. The lowest BCUT2D eigenvalue weighted by molar-refractivity contribution is -0.385. The van der Waals surface area contributed by atoms with Gasteiger partial charge in [0.15, 0.2) is 24.8 Å². The van der Waals surface area contributed by atoms with Gasteiger partial charge in [0, 0.05) is 35.4 Å². The number of Topliss-reactive ketones (excluding diaryl/α,β-unsaturated/α-hetero) is 2. The molecule has 37 heavy (non-hydrogen) atoms. The molecule has 2 aliphatic carbocycles. The van der Waals surface area contributed by atoms with Crippen LogP contribution < -0.4 is 0 Å². The molecule has 4 rings (SSSR count). The highest BCUT2D eigenvalue weighted by molar-refractivity contribution is 5.99. The molecule has 4 atom stereocenters. The highest BCUT2D eigenvalue weighted by Gasteiger charge is 2.53. The summed E-state index contributed by atoms with van der Waals surface area (Å²) in [6.45, 7) is -1.21. The Balaban J connectivity index is 1.35. The molecule has 0 radical (unpaired) electrons. The van der Waals surface area contributed by atoms with Gasteiger partial charge in [0.25, 0.3) is 11.4 Å². The molecule has 2 bridgehead atoms. The Bertz CT molecular complexity index is 1200. The quantitative estimate of drug-likeness (QED) is 0.152. The molecule has 0 aliphatic heterocycles. The molecule has 2 aromatic rings. The van der Waals surface area contributed by atoms with E-state index in [9.17, 15) is 39.4 Å². The van der Waals surface area contributed by atoms with Crippen LogP contribution in [0.2, 0.25) is 0 Å². The lowest BCUT2D eigenvalue weighted by Crippen LogP contribution is -2.36. The maximum Gasteiger partial charge on any atom is 0.310 e. The van der Waals surface area contributed by atoms with Crippen molar-refractivity contribution >= 4 is 34.9 Å². The molecule has 2 aromatic carbocycles. The van der Waals surface area contributed by atoms with E-state index in [-0.39, 0.29) is 34.3 Å². The largest absolute Gasteiger partial charge is 0.457 e. The van der Waals surface area contributed by atoms with Gasteiger partial charge in [-0.25, -0.2) is 0 Å². The van der Waals surface area contributed by atoms with E-state index >= 15 is 0 Å². The van der Waals surface area contributed by atoms with Crippen LogP contribution in [0.3, 0.4) is 0 Å². The van der Waals surface area contributed by atoms with Crippen LogP contribution >= 0.6 is 0 Å². The van der Waals surface area contributed by atoms with Gasteiger partial charge in [-0.3, -0.25) is 39.4 Å². The number of nitro groups is 2. The third-order valence-electron chi connectivity index (χ3n) is 6.49. The fourth-order valence-corrected chi connectivity index (χ4v) is 4.64. The highest BCUT2D eigenvalue weighted by Crippen LogP contribution is 2.49. The molecule has 0 spiro atoms. The minimum Gasteiger partial charge on any atom is -0.457 e. The van der Waals surface area contributed by atoms with Gasteiger partial charge >= 0.3 is 11.9 Å². The highest BCUT2D eigenvalue weighted by atomic mass is 16.6. The Kier molecular flexibility index (Phi) is 7.18. The minimum absolute atomic E-state index is 0.131. The summed E-state index contributed by atoms with van der Waals surface area (Å²) >= 11 is 0. The summed E-state index contributed by atoms with van der Waals surface area (Å²) in [6.07, 6.45) is 4.13. The van der Waals surface area contributed by atoms with Crippen molar-refractivity contribution in [2.45, 2.75) is 6.42 Å². The van der Waals surface area contributed by atoms with Crippen molar-refractivity contribution in [2.75, 3.05) is 13.2 Å². The van der Waals surface area contributed by atoms with Crippen molar-refractivity contribution in [1.82, 2.24) is 0 Å². The van der Waals surface area contributed by atoms with Crippen LogP contribution in [0.1, 0.15) is 27.1 Å². The van der Waals surface area contributed by atoms with Crippen molar-refractivity contribution in [1.29, 1.82) is 0 Å². The van der Waals surface area contributed by atoms with Crippen LogP contribution in [-0.4, -0.2) is 46.6 Å². The fourth-order valence-electron chi connectivity index (χ4n) is 4.64. The number of benzene rings is 2. The van der Waals surface area contributed by atoms with Gasteiger partial charge in [0.1, 0.15) is 0 Å². The van der Waals surface area contributed by atoms with Gasteiger partial charge in [-0.2, -0.15) is 0 Å². The topological polar surface area (TPSA) is 173 Å². The average molecular weight is 508 g/mol. The van der Waals surface area contributed by atoms with E-state index in [1.54, 1.807) is 12.2 Å². The zero-order valence-corrected chi connectivity index (χ0v) is 19.2. The monoisotopic (exact) mass is 508 g/mol. The van der Waals surface area contributed by atoms with Crippen LogP contribution in [0.15, 0.2) is 60.7 Å². The number of carbonyl (C=O) groups is 4. The average Bonchev–Trinajstić information content (AvgIpc) is 3.52. The van der Waals surface area contributed by atoms with E-state index in [0.29, 0.717) is 6.42 Å². The predicted molar refractivity (Wildman–Crippen MR) is 124 cm³/mol. The van der Waals surface area contributed by atoms with E-state index in [2.05, 4.69) is 0 Å². The molecule has 190 valence electrons. The molecule has 0 heterocycles. The summed E-state index contributed by atoms with van der Waals surface area (Å²) < 4.78 is 10.4. The molecule has 4 unspecified atom stereocenters. The second-order valence-corrected chi connectivity index (χ2v) is 8.67. The summed E-state index contributed by atoms with van der Waals surface area (Å²) in [7, 11) is 0. The Morgan fingerprint density at radius 1 is 0.676 bits per heavy atom. The maximum atomic E-state index is 12.8. The summed E-state index contributed by atoms with van der Waals surface area (Å²) in [6, 6.07) is 9.71. The van der Waals surface area contributed by atoms with E-state index < -0.39 is 58.4 Å². The van der Waals surface area contributed by atoms with Gasteiger partial charge in [-0.05, 0) is 42.5 Å². The van der Waals surface area contributed by atoms with E-state index in [1.807, 2.05) is 0 Å². The molecule has 12 nitrogen and oxygen atoms in total. The predicted octanol–water partition coefficient (Wildman–Crippen LogP) is 3.09. The minimum atomic E-state index is -0.887. The Hall–Kier alpha value is -4.74. The van der Waals surface area contributed by atoms with E-state index in [1.165, 1.54) is 48.5 Å². The molecular formula is C25H20N2O10. The fraction of sp³-hybridized carbons (Fsp3) is 0.280. The number of allylic oxidation sites excluding steroid dienone is 2. The molecule has 0 N–H and O–H groups in total. The number of ketones is 2. The van der Waals surface area contributed by atoms with Crippen LogP contribution in [0.25, 0.3) is 0 Å². The standard InChI is InChI=1S/C25H20N2O10/c28-20(14-3-7-18(8-4-14)26(32)33)12-36-24(30)22-16-1-2-17(11-16)23(22)25(31)37-13-21(29)15-5-9-19(10-6-15)27(34)35/h1-10,16-17,22-23H,11-13H2. The van der Waals surface area contributed by atoms with Crippen molar-refractivity contribution < 1.29 is 38.5 Å². The van der Waals surface area contributed by atoms with Gasteiger partial charge < -0.3 is 9.47 Å². The second-order valence-electron chi connectivity index (χ2n) is 8.67. The number of nitro benzene ring substituents is 2. The van der Waals surface area contributed by atoms with Crippen molar-refractivity contribution in [3.05, 3.63) is 92.0 Å². The van der Waals surface area contributed by atoms with Gasteiger partial charge in [-0.1, -0.05) is 12.2 Å². The molecule has 0 aromatic heterocycles. The van der Waals surface area contributed by atoms with Crippen molar-refractivity contribution in [3.8, 4) is 0 Å². The first-order chi connectivity index (χ1) is 17.7. The molecule has 1 saturated carbocycles. The third-order valence-corrected chi connectivity index (χ3v) is 6.49. The Labute approximate surface area is 209 Å². The van der Waals surface area contributed by atoms with E-state index in [4.69, 9.17) is 9.47 Å². The summed E-state index contributed by atoms with van der Waals surface area (Å²) in [5.41, 5.74) is -0.106. The lowest BCUT2D eigenvalue weighted by Gasteiger charge is -2.24. The first kappa shape index (κ1) is 25.4. The normalized spacial score (nSPS) is 21.3. The molecular weight excluding hydrogens is 488 g/mol. The number of fused-ring (bicyclic) bond motifs is 2. The zero-order valence-electron chi connectivity index (χ0n) is 19.2. The number of hydrogen-bond donors (Lipinski definition) is 0. The number of non-ortho nitro benzene ring substituents is 2. The van der Waals surface area contributed by atoms with Gasteiger partial charge in [0.05, 0.1) is 21.7 Å². The number of esters is 2. The maximum absolute atomic E-state index is 12.8. The molecule has 12 heteroatoms. The summed E-state index contributed by atoms with van der Waals surface area (Å²) in [5.74, 6) is -4.97. The zero-order chi connectivity index (χ0) is 26.7. The third kappa shape index (κ3) is 5.42. The SMILES string of the molecule is O=C(COC(=O)C1C2C=CC(C2)C1C(=O)OCC(=O)c1ccc([N+](=O)[O-])cc1)c1ccc([N+](=O)[O-])cc1. The second kappa shape index (κ2) is 10.5. The number of ether oxygens (including phenoxy) is 2. The molecule has 1 fully saturated rings.